The first-order valence-electron chi connectivity index (χ1n) is 7.92. The smallest absolute Gasteiger partial charge is 0.270 e. The second-order valence-electron chi connectivity index (χ2n) is 6.22. The molecular weight excluding hydrogens is 329 g/mol. The first kappa shape index (κ1) is 17.4. The van der Waals surface area contributed by atoms with Gasteiger partial charge in [0.1, 0.15) is 17.1 Å². The van der Waals surface area contributed by atoms with Crippen molar-refractivity contribution >= 4 is 22.7 Å². The van der Waals surface area contributed by atoms with E-state index >= 15 is 0 Å². The summed E-state index contributed by atoms with van der Waals surface area (Å²) in [6.45, 7) is 0.930. The Kier molecular flexibility index (Phi) is 4.73. The summed E-state index contributed by atoms with van der Waals surface area (Å²) < 4.78 is 24.7. The standard InChI is InChI=1S/C17H20FN3O4/c1-24-10-17(8-14(19)22)9-21(5-6-25-17)16(23)13-7-11-3-2-4-12(18)15(11)20-13/h2-4,7,20H,5-6,8-10H2,1H3,(H2,19,22). The summed E-state index contributed by atoms with van der Waals surface area (Å²) in [4.78, 5) is 28.6. The second-order valence-corrected chi connectivity index (χ2v) is 6.22. The number of nitrogens with one attached hydrogen (secondary N) is 1. The number of aromatic nitrogens is 1. The molecule has 3 N–H and O–H groups in total. The van der Waals surface area contributed by atoms with E-state index in [1.54, 1.807) is 23.1 Å². The SMILES string of the molecule is COCC1(CC(N)=O)CN(C(=O)c2cc3cccc(F)c3[nH]2)CCO1. The van der Waals surface area contributed by atoms with Gasteiger partial charge in [0.15, 0.2) is 0 Å². The van der Waals surface area contributed by atoms with Crippen molar-refractivity contribution in [3.05, 3.63) is 35.8 Å². The molecule has 3 rings (SSSR count). The quantitative estimate of drug-likeness (QED) is 0.843. The normalized spacial score (nSPS) is 20.8. The van der Waals surface area contributed by atoms with Gasteiger partial charge in [-0.1, -0.05) is 12.1 Å². The summed E-state index contributed by atoms with van der Waals surface area (Å²) >= 11 is 0. The van der Waals surface area contributed by atoms with E-state index in [1.807, 2.05) is 0 Å². The number of aromatic amines is 1. The highest BCUT2D eigenvalue weighted by molar-refractivity contribution is 5.98. The molecule has 2 amide bonds. The number of rotatable bonds is 5. The van der Waals surface area contributed by atoms with Gasteiger partial charge in [-0.25, -0.2) is 4.39 Å². The Bertz CT molecular complexity index is 802. The lowest BCUT2D eigenvalue weighted by molar-refractivity contribution is -0.148. The molecule has 1 saturated heterocycles. The molecule has 1 aliphatic heterocycles. The Labute approximate surface area is 143 Å². The first-order valence-corrected chi connectivity index (χ1v) is 7.92. The summed E-state index contributed by atoms with van der Waals surface area (Å²) in [7, 11) is 1.49. The van der Waals surface area contributed by atoms with Crippen LogP contribution in [-0.2, 0) is 14.3 Å². The molecule has 1 fully saturated rings. The molecule has 2 aromatic rings. The number of benzene rings is 1. The van der Waals surface area contributed by atoms with Crippen molar-refractivity contribution in [3.8, 4) is 0 Å². The van der Waals surface area contributed by atoms with Crippen LogP contribution in [0.15, 0.2) is 24.3 Å². The van der Waals surface area contributed by atoms with Crippen LogP contribution in [0.2, 0.25) is 0 Å². The lowest BCUT2D eigenvalue weighted by Crippen LogP contribution is -2.57. The number of carbonyl (C=O) groups is 2. The molecule has 1 aromatic carbocycles. The zero-order chi connectivity index (χ0) is 18.0. The number of halogens is 1. The average Bonchev–Trinajstić information content (AvgIpc) is 2.99. The van der Waals surface area contributed by atoms with Gasteiger partial charge in [-0.15, -0.1) is 0 Å². The number of hydrogen-bond acceptors (Lipinski definition) is 4. The van der Waals surface area contributed by atoms with Crippen LogP contribution in [0.1, 0.15) is 16.9 Å². The number of primary amides is 1. The number of carbonyl (C=O) groups excluding carboxylic acids is 2. The third-order valence-corrected chi connectivity index (χ3v) is 4.28. The Balaban J connectivity index is 1.85. The summed E-state index contributed by atoms with van der Waals surface area (Å²) in [5.74, 6) is -1.23. The van der Waals surface area contributed by atoms with Gasteiger partial charge >= 0.3 is 0 Å². The van der Waals surface area contributed by atoms with Crippen molar-refractivity contribution in [2.24, 2.45) is 5.73 Å². The lowest BCUT2D eigenvalue weighted by Gasteiger charge is -2.41. The number of hydrogen-bond donors (Lipinski definition) is 2. The fraction of sp³-hybridized carbons (Fsp3) is 0.412. The molecule has 0 bridgehead atoms. The zero-order valence-corrected chi connectivity index (χ0v) is 13.9. The molecular formula is C17H20FN3O4. The molecule has 0 saturated carbocycles. The van der Waals surface area contributed by atoms with Gasteiger partial charge in [0, 0.05) is 19.0 Å². The fourth-order valence-electron chi connectivity index (χ4n) is 3.25. The summed E-state index contributed by atoms with van der Waals surface area (Å²) in [6, 6.07) is 6.26. The van der Waals surface area contributed by atoms with Crippen molar-refractivity contribution < 1.29 is 23.5 Å². The van der Waals surface area contributed by atoms with E-state index in [-0.39, 0.29) is 37.8 Å². The van der Waals surface area contributed by atoms with Gasteiger partial charge in [0.25, 0.3) is 5.91 Å². The maximum atomic E-state index is 13.8. The van der Waals surface area contributed by atoms with Crippen molar-refractivity contribution in [3.63, 3.8) is 0 Å². The molecule has 1 aliphatic rings. The highest BCUT2D eigenvalue weighted by Gasteiger charge is 2.40. The van der Waals surface area contributed by atoms with Crippen molar-refractivity contribution in [1.29, 1.82) is 0 Å². The zero-order valence-electron chi connectivity index (χ0n) is 13.9. The molecule has 1 aromatic heterocycles. The summed E-state index contributed by atoms with van der Waals surface area (Å²) in [6.07, 6.45) is -0.0497. The lowest BCUT2D eigenvalue weighted by atomic mass is 9.97. The molecule has 7 nitrogen and oxygen atoms in total. The third kappa shape index (κ3) is 3.49. The molecule has 0 radical (unpaired) electrons. The van der Waals surface area contributed by atoms with Crippen LogP contribution >= 0.6 is 0 Å². The Hall–Kier alpha value is -2.45. The van der Waals surface area contributed by atoms with Crippen LogP contribution in [0.25, 0.3) is 10.9 Å². The van der Waals surface area contributed by atoms with Gasteiger partial charge in [-0.3, -0.25) is 9.59 Å². The van der Waals surface area contributed by atoms with E-state index in [0.29, 0.717) is 17.4 Å². The minimum atomic E-state index is -0.967. The number of nitrogens with zero attached hydrogens (tertiary/aromatic N) is 1. The van der Waals surface area contributed by atoms with Gasteiger partial charge in [0.2, 0.25) is 5.91 Å². The monoisotopic (exact) mass is 349 g/mol. The fourth-order valence-corrected chi connectivity index (χ4v) is 3.25. The summed E-state index contributed by atoms with van der Waals surface area (Å²) in [5, 5.41) is 0.622. The highest BCUT2D eigenvalue weighted by atomic mass is 19.1. The van der Waals surface area contributed by atoms with Gasteiger partial charge in [0.05, 0.1) is 31.7 Å². The molecule has 8 heteroatoms. The Morgan fingerprint density at radius 3 is 2.96 bits per heavy atom. The summed E-state index contributed by atoms with van der Waals surface area (Å²) in [5.41, 5.74) is 4.92. The Morgan fingerprint density at radius 1 is 1.48 bits per heavy atom. The second kappa shape index (κ2) is 6.81. The van der Waals surface area contributed by atoms with Gasteiger partial charge in [-0.2, -0.15) is 0 Å². The number of ether oxygens (including phenoxy) is 2. The largest absolute Gasteiger partial charge is 0.382 e. The van der Waals surface area contributed by atoms with Gasteiger partial charge < -0.3 is 25.1 Å². The van der Waals surface area contributed by atoms with Crippen molar-refractivity contribution in [2.45, 2.75) is 12.0 Å². The molecule has 134 valence electrons. The molecule has 1 unspecified atom stereocenters. The van der Waals surface area contributed by atoms with Crippen molar-refractivity contribution in [1.82, 2.24) is 9.88 Å². The maximum Gasteiger partial charge on any atom is 0.270 e. The highest BCUT2D eigenvalue weighted by Crippen LogP contribution is 2.25. The predicted molar refractivity (Wildman–Crippen MR) is 88.5 cm³/mol. The molecule has 25 heavy (non-hydrogen) atoms. The minimum absolute atomic E-state index is 0.0497. The minimum Gasteiger partial charge on any atom is -0.382 e. The number of morpholine rings is 1. The molecule has 1 atom stereocenters. The number of fused-ring (bicyclic) bond motifs is 1. The molecule has 0 aliphatic carbocycles. The van der Waals surface area contributed by atoms with Crippen LogP contribution in [-0.4, -0.2) is 60.7 Å². The van der Waals surface area contributed by atoms with Crippen LogP contribution in [0, 0.1) is 5.82 Å². The first-order chi connectivity index (χ1) is 11.9. The Morgan fingerprint density at radius 2 is 2.28 bits per heavy atom. The number of amides is 2. The number of H-pyrrole nitrogens is 1. The van der Waals surface area contributed by atoms with E-state index in [0.717, 1.165) is 0 Å². The van der Waals surface area contributed by atoms with Crippen molar-refractivity contribution in [2.75, 3.05) is 33.4 Å². The van der Waals surface area contributed by atoms with Gasteiger partial charge in [-0.05, 0) is 12.1 Å². The molecule has 2 heterocycles. The topological polar surface area (TPSA) is 97.6 Å². The molecule has 0 spiro atoms. The van der Waals surface area contributed by atoms with E-state index in [9.17, 15) is 14.0 Å². The van der Waals surface area contributed by atoms with E-state index in [2.05, 4.69) is 4.98 Å². The third-order valence-electron chi connectivity index (χ3n) is 4.28. The van der Waals surface area contributed by atoms with E-state index < -0.39 is 17.3 Å². The van der Waals surface area contributed by atoms with Crippen LogP contribution in [0.4, 0.5) is 4.39 Å². The predicted octanol–water partition coefficient (Wildman–Crippen LogP) is 1.04. The van der Waals surface area contributed by atoms with E-state index in [4.69, 9.17) is 15.2 Å². The average molecular weight is 349 g/mol. The van der Waals surface area contributed by atoms with Crippen LogP contribution < -0.4 is 5.73 Å². The van der Waals surface area contributed by atoms with Crippen LogP contribution in [0.5, 0.6) is 0 Å². The maximum absolute atomic E-state index is 13.8. The van der Waals surface area contributed by atoms with E-state index in [1.165, 1.54) is 13.2 Å². The number of methoxy groups -OCH3 is 1. The number of nitrogens with two attached hydrogens (primary N) is 1. The van der Waals surface area contributed by atoms with Crippen LogP contribution in [0.3, 0.4) is 0 Å². The number of para-hydroxylation sites is 1.